The molecule has 0 saturated carbocycles. The highest BCUT2D eigenvalue weighted by molar-refractivity contribution is 5.94. The number of Topliss-reactive ketones (excluding diaryl/α,β-unsaturated/α-hetero) is 1. The summed E-state index contributed by atoms with van der Waals surface area (Å²) in [5.74, 6) is 0.156. The van der Waals surface area contributed by atoms with Crippen LogP contribution in [0.4, 0.5) is 0 Å². The highest BCUT2D eigenvalue weighted by atomic mass is 16.5. The van der Waals surface area contributed by atoms with Crippen molar-refractivity contribution in [1.82, 2.24) is 9.80 Å². The summed E-state index contributed by atoms with van der Waals surface area (Å²) in [6.07, 6.45) is 1.20. The number of fused-ring (bicyclic) bond motifs is 1. The second-order valence-corrected chi connectivity index (χ2v) is 6.06. The summed E-state index contributed by atoms with van der Waals surface area (Å²) in [4.78, 5) is 16.4. The van der Waals surface area contributed by atoms with Crippen molar-refractivity contribution in [3.05, 3.63) is 34.9 Å². The number of benzene rings is 1. The lowest BCUT2D eigenvalue weighted by Gasteiger charge is -2.27. The Morgan fingerprint density at radius 2 is 1.81 bits per heavy atom. The Morgan fingerprint density at radius 3 is 2.57 bits per heavy atom. The van der Waals surface area contributed by atoms with Crippen molar-refractivity contribution in [1.29, 1.82) is 0 Å². The first-order chi connectivity index (χ1) is 10.2. The standard InChI is InChI=1S/C17H24N2O2/c1-14(20)15-3-4-16-12-19(13-17(16)11-15)6-2-5-18-7-9-21-10-8-18/h3-4,11H,2,5-10,12-13H2,1H3. The topological polar surface area (TPSA) is 32.8 Å². The molecule has 0 unspecified atom stereocenters. The number of morpholine rings is 1. The number of ether oxygens (including phenoxy) is 1. The molecule has 3 rings (SSSR count). The predicted octanol–water partition coefficient (Wildman–Crippen LogP) is 1.93. The van der Waals surface area contributed by atoms with Crippen LogP contribution in [0.1, 0.15) is 34.8 Å². The molecule has 21 heavy (non-hydrogen) atoms. The van der Waals surface area contributed by atoms with Gasteiger partial charge in [0.1, 0.15) is 0 Å². The summed E-state index contributed by atoms with van der Waals surface area (Å²) in [5.41, 5.74) is 3.55. The smallest absolute Gasteiger partial charge is 0.159 e. The molecule has 2 heterocycles. The van der Waals surface area contributed by atoms with Gasteiger partial charge in [-0.25, -0.2) is 0 Å². The maximum absolute atomic E-state index is 11.4. The normalized spacial score (nSPS) is 19.7. The number of hydrogen-bond donors (Lipinski definition) is 0. The molecule has 4 nitrogen and oxygen atoms in total. The van der Waals surface area contributed by atoms with Crippen molar-refractivity contribution in [2.45, 2.75) is 26.4 Å². The quantitative estimate of drug-likeness (QED) is 0.775. The number of nitrogens with zero attached hydrogens (tertiary/aromatic N) is 2. The van der Waals surface area contributed by atoms with Gasteiger partial charge in [0.2, 0.25) is 0 Å². The number of carbonyl (C=O) groups excluding carboxylic acids is 1. The van der Waals surface area contributed by atoms with Crippen LogP contribution in [0.25, 0.3) is 0 Å². The van der Waals surface area contributed by atoms with Gasteiger partial charge in [-0.05, 0) is 37.1 Å². The largest absolute Gasteiger partial charge is 0.379 e. The summed E-state index contributed by atoms with van der Waals surface area (Å²) < 4.78 is 5.37. The van der Waals surface area contributed by atoms with Crippen molar-refractivity contribution in [3.63, 3.8) is 0 Å². The van der Waals surface area contributed by atoms with Crippen molar-refractivity contribution in [3.8, 4) is 0 Å². The highest BCUT2D eigenvalue weighted by Crippen LogP contribution is 2.24. The first-order valence-electron chi connectivity index (χ1n) is 7.87. The molecule has 0 atom stereocenters. The van der Waals surface area contributed by atoms with Crippen molar-refractivity contribution in [2.75, 3.05) is 39.4 Å². The second kappa shape index (κ2) is 6.69. The van der Waals surface area contributed by atoms with Gasteiger partial charge >= 0.3 is 0 Å². The third-order valence-corrected chi connectivity index (χ3v) is 4.45. The molecule has 0 spiro atoms. The molecule has 114 valence electrons. The molecule has 2 aliphatic rings. The fourth-order valence-electron chi connectivity index (χ4n) is 3.18. The van der Waals surface area contributed by atoms with Crippen LogP contribution in [0.2, 0.25) is 0 Å². The van der Waals surface area contributed by atoms with Crippen LogP contribution in [0.15, 0.2) is 18.2 Å². The lowest BCUT2D eigenvalue weighted by atomic mass is 10.0. The van der Waals surface area contributed by atoms with Crippen LogP contribution in [0.5, 0.6) is 0 Å². The van der Waals surface area contributed by atoms with Gasteiger partial charge in [-0.2, -0.15) is 0 Å². The van der Waals surface area contributed by atoms with Gasteiger partial charge in [-0.3, -0.25) is 14.6 Å². The molecule has 2 aliphatic heterocycles. The van der Waals surface area contributed by atoms with E-state index in [2.05, 4.69) is 21.9 Å². The van der Waals surface area contributed by atoms with Gasteiger partial charge in [0.25, 0.3) is 0 Å². The van der Waals surface area contributed by atoms with Gasteiger partial charge in [0.15, 0.2) is 5.78 Å². The minimum Gasteiger partial charge on any atom is -0.379 e. The van der Waals surface area contributed by atoms with E-state index in [4.69, 9.17) is 4.74 Å². The van der Waals surface area contributed by atoms with Crippen LogP contribution in [-0.4, -0.2) is 55.0 Å². The summed E-state index contributed by atoms with van der Waals surface area (Å²) >= 11 is 0. The minimum absolute atomic E-state index is 0.156. The van der Waals surface area contributed by atoms with E-state index < -0.39 is 0 Å². The summed E-state index contributed by atoms with van der Waals surface area (Å²) in [7, 11) is 0. The number of hydrogen-bond acceptors (Lipinski definition) is 4. The van der Waals surface area contributed by atoms with Gasteiger partial charge in [0.05, 0.1) is 13.2 Å². The predicted molar refractivity (Wildman–Crippen MR) is 82.4 cm³/mol. The lowest BCUT2D eigenvalue weighted by molar-refractivity contribution is 0.0360. The van der Waals surface area contributed by atoms with Crippen LogP contribution in [0, 0.1) is 0 Å². The molecule has 0 radical (unpaired) electrons. The third-order valence-electron chi connectivity index (χ3n) is 4.45. The summed E-state index contributed by atoms with van der Waals surface area (Å²) in [5, 5.41) is 0. The van der Waals surface area contributed by atoms with E-state index in [0.29, 0.717) is 0 Å². The van der Waals surface area contributed by atoms with E-state index in [0.717, 1.165) is 58.0 Å². The first kappa shape index (κ1) is 14.7. The van der Waals surface area contributed by atoms with E-state index in [9.17, 15) is 4.79 Å². The molecule has 1 fully saturated rings. The Labute approximate surface area is 126 Å². The highest BCUT2D eigenvalue weighted by Gasteiger charge is 2.19. The molecule has 0 aliphatic carbocycles. The van der Waals surface area contributed by atoms with Gasteiger partial charge in [-0.1, -0.05) is 12.1 Å². The van der Waals surface area contributed by atoms with E-state index in [1.54, 1.807) is 6.92 Å². The average Bonchev–Trinajstić information content (AvgIpc) is 2.90. The molecule has 4 heteroatoms. The Hall–Kier alpha value is -1.23. The summed E-state index contributed by atoms with van der Waals surface area (Å²) in [6.45, 7) is 9.83. The van der Waals surface area contributed by atoms with Crippen LogP contribution in [0.3, 0.4) is 0 Å². The Bertz CT molecular complexity index is 510. The van der Waals surface area contributed by atoms with Gasteiger partial charge in [0, 0.05) is 38.3 Å². The fraction of sp³-hybridized carbons (Fsp3) is 0.588. The van der Waals surface area contributed by atoms with E-state index in [-0.39, 0.29) is 5.78 Å². The molecule has 0 N–H and O–H groups in total. The second-order valence-electron chi connectivity index (χ2n) is 6.06. The molecule has 0 bridgehead atoms. The van der Waals surface area contributed by atoms with E-state index in [1.807, 2.05) is 6.07 Å². The number of carbonyl (C=O) groups is 1. The molecular formula is C17H24N2O2. The Morgan fingerprint density at radius 1 is 1.10 bits per heavy atom. The fourth-order valence-corrected chi connectivity index (χ4v) is 3.18. The zero-order valence-corrected chi connectivity index (χ0v) is 12.8. The monoisotopic (exact) mass is 288 g/mol. The molecule has 0 amide bonds. The van der Waals surface area contributed by atoms with Crippen molar-refractivity contribution in [2.24, 2.45) is 0 Å². The molecule has 1 saturated heterocycles. The molecular weight excluding hydrogens is 264 g/mol. The maximum Gasteiger partial charge on any atom is 0.159 e. The van der Waals surface area contributed by atoms with Crippen LogP contribution < -0.4 is 0 Å². The Balaban J connectivity index is 1.47. The lowest BCUT2D eigenvalue weighted by Crippen LogP contribution is -2.37. The Kier molecular flexibility index (Phi) is 4.68. The van der Waals surface area contributed by atoms with Gasteiger partial charge < -0.3 is 4.74 Å². The maximum atomic E-state index is 11.4. The van der Waals surface area contributed by atoms with E-state index in [1.165, 1.54) is 17.5 Å². The minimum atomic E-state index is 0.156. The molecule has 0 aromatic heterocycles. The average molecular weight is 288 g/mol. The van der Waals surface area contributed by atoms with Crippen molar-refractivity contribution < 1.29 is 9.53 Å². The third kappa shape index (κ3) is 3.70. The number of rotatable bonds is 5. The zero-order chi connectivity index (χ0) is 14.7. The van der Waals surface area contributed by atoms with Gasteiger partial charge in [-0.15, -0.1) is 0 Å². The van der Waals surface area contributed by atoms with E-state index >= 15 is 0 Å². The SMILES string of the molecule is CC(=O)c1ccc2c(c1)CN(CCCN1CCOCC1)C2. The molecule has 1 aromatic carbocycles. The molecule has 1 aromatic rings. The first-order valence-corrected chi connectivity index (χ1v) is 7.87. The number of ketones is 1. The summed E-state index contributed by atoms with van der Waals surface area (Å²) in [6, 6.07) is 6.14. The van der Waals surface area contributed by atoms with Crippen LogP contribution >= 0.6 is 0 Å². The van der Waals surface area contributed by atoms with Crippen LogP contribution in [-0.2, 0) is 17.8 Å². The van der Waals surface area contributed by atoms with Crippen molar-refractivity contribution >= 4 is 5.78 Å². The zero-order valence-electron chi connectivity index (χ0n) is 12.8.